The van der Waals surface area contributed by atoms with Gasteiger partial charge in [-0.25, -0.2) is 4.57 Å². The number of hydrogen-bond donors (Lipinski definition) is 1. The third-order valence-corrected chi connectivity index (χ3v) is 9.93. The van der Waals surface area contributed by atoms with Crippen LogP contribution in [0.15, 0.2) is 60.8 Å². The predicted molar refractivity (Wildman–Crippen MR) is 225 cm³/mol. The molecular weight excluding hydrogens is 699 g/mol. The Morgan fingerprint density at radius 2 is 0.944 bits per heavy atom. The third-order valence-electron chi connectivity index (χ3n) is 9.00. The molecule has 0 aliphatic heterocycles. The van der Waals surface area contributed by atoms with E-state index in [9.17, 15) is 19.0 Å². The smallest absolute Gasteiger partial charge is 0.462 e. The van der Waals surface area contributed by atoms with Gasteiger partial charge in [0.15, 0.2) is 6.10 Å². The Kier molecular flexibility index (Phi) is 38.7. The van der Waals surface area contributed by atoms with E-state index in [1.54, 1.807) is 0 Å². The van der Waals surface area contributed by atoms with Crippen LogP contribution in [0, 0.1) is 0 Å². The number of carbonyl (C=O) groups is 2. The monoisotopic (exact) mass is 779 g/mol. The summed E-state index contributed by atoms with van der Waals surface area (Å²) in [6, 6.07) is 0. The van der Waals surface area contributed by atoms with Crippen molar-refractivity contribution in [3.05, 3.63) is 60.8 Å². The van der Waals surface area contributed by atoms with Gasteiger partial charge >= 0.3 is 19.8 Å². The summed E-state index contributed by atoms with van der Waals surface area (Å²) in [4.78, 5) is 34.5. The van der Waals surface area contributed by atoms with E-state index in [0.29, 0.717) is 6.42 Å². The van der Waals surface area contributed by atoms with E-state index in [1.165, 1.54) is 77.0 Å². The molecule has 0 aromatic heterocycles. The van der Waals surface area contributed by atoms with Crippen LogP contribution in [0.3, 0.4) is 0 Å². The van der Waals surface area contributed by atoms with E-state index in [2.05, 4.69) is 79.1 Å². The van der Waals surface area contributed by atoms with Crippen molar-refractivity contribution in [3.63, 3.8) is 0 Å². The lowest BCUT2D eigenvalue weighted by molar-refractivity contribution is -0.161. The second-order valence-electron chi connectivity index (χ2n) is 14.1. The topological polar surface area (TPSA) is 108 Å². The summed E-state index contributed by atoms with van der Waals surface area (Å²) in [7, 11) is -3.22. The van der Waals surface area contributed by atoms with Crippen molar-refractivity contribution in [2.24, 2.45) is 0 Å². The molecule has 0 spiro atoms. The van der Waals surface area contributed by atoms with Gasteiger partial charge in [0.2, 0.25) is 0 Å². The summed E-state index contributed by atoms with van der Waals surface area (Å²) >= 11 is 0. The lowest BCUT2D eigenvalue weighted by Crippen LogP contribution is -2.29. The van der Waals surface area contributed by atoms with Crippen LogP contribution in [-0.2, 0) is 32.7 Å². The Labute approximate surface area is 330 Å². The Balaban J connectivity index is 4.05. The molecule has 2 atom stereocenters. The molecule has 0 bridgehead atoms. The quantitative estimate of drug-likeness (QED) is 0.0284. The zero-order valence-corrected chi connectivity index (χ0v) is 35.5. The zero-order valence-electron chi connectivity index (χ0n) is 34.6. The van der Waals surface area contributed by atoms with Crippen LogP contribution in [0.1, 0.15) is 187 Å². The van der Waals surface area contributed by atoms with Gasteiger partial charge in [0.25, 0.3) is 0 Å². The lowest BCUT2D eigenvalue weighted by atomic mass is 10.1. The Bertz CT molecular complexity index is 1060. The molecule has 0 rings (SSSR count). The predicted octanol–water partition coefficient (Wildman–Crippen LogP) is 13.6. The molecule has 312 valence electrons. The molecule has 0 aliphatic rings. The fourth-order valence-corrected chi connectivity index (χ4v) is 6.16. The van der Waals surface area contributed by atoms with E-state index >= 15 is 0 Å². The molecule has 8 nitrogen and oxygen atoms in total. The highest BCUT2D eigenvalue weighted by Gasteiger charge is 2.24. The molecule has 54 heavy (non-hydrogen) atoms. The van der Waals surface area contributed by atoms with Crippen LogP contribution in [-0.4, -0.2) is 43.3 Å². The minimum absolute atomic E-state index is 0.214. The summed E-state index contributed by atoms with van der Waals surface area (Å²) in [5.74, 6) is -0.838. The number of phosphoric acid groups is 1. The van der Waals surface area contributed by atoms with Gasteiger partial charge < -0.3 is 14.4 Å². The zero-order chi connectivity index (χ0) is 39.6. The highest BCUT2D eigenvalue weighted by molar-refractivity contribution is 7.47. The van der Waals surface area contributed by atoms with Crippen LogP contribution in [0.25, 0.3) is 0 Å². The Morgan fingerprint density at radius 1 is 0.537 bits per heavy atom. The summed E-state index contributed by atoms with van der Waals surface area (Å²) in [5.41, 5.74) is 0. The first-order valence-corrected chi connectivity index (χ1v) is 23.0. The van der Waals surface area contributed by atoms with E-state index in [4.69, 9.17) is 14.0 Å². The molecular formula is C45H79O8P. The van der Waals surface area contributed by atoms with Gasteiger partial charge in [-0.1, -0.05) is 158 Å². The minimum atomic E-state index is -4.27. The van der Waals surface area contributed by atoms with Crippen molar-refractivity contribution in [1.29, 1.82) is 0 Å². The van der Waals surface area contributed by atoms with Crippen LogP contribution in [0.5, 0.6) is 0 Å². The molecule has 0 heterocycles. The molecule has 0 aromatic carbocycles. The summed E-state index contributed by atoms with van der Waals surface area (Å²) in [6.45, 7) is 3.75. The average molecular weight is 779 g/mol. The Hall–Kier alpha value is -2.25. The standard InChI is InChI=1S/C45H79O8P/c1-4-6-8-10-12-14-16-18-20-22-24-25-27-29-31-33-35-37-39-44(46)51-41-43(42-52-54(48,49)50-3)53-45(47)40-38-36-34-32-30-28-26-23-21-19-17-15-13-11-9-7-5-2/h7,9,13,15,19-22,26,28,43H,4-6,8,10-12,14,16-18,23-25,27,29-42H2,1-3H3,(H,48,49)/b9-7-,15-13-,21-19-,22-20-,28-26-. The van der Waals surface area contributed by atoms with Gasteiger partial charge in [-0.05, 0) is 77.0 Å². The van der Waals surface area contributed by atoms with Gasteiger partial charge in [-0.2, -0.15) is 0 Å². The largest absolute Gasteiger partial charge is 0.472 e. The third kappa shape index (κ3) is 39.4. The first-order chi connectivity index (χ1) is 26.3. The molecule has 0 amide bonds. The fraction of sp³-hybridized carbons (Fsp3) is 0.733. The maximum Gasteiger partial charge on any atom is 0.472 e. The van der Waals surface area contributed by atoms with Crippen LogP contribution in [0.4, 0.5) is 0 Å². The summed E-state index contributed by atoms with van der Waals surface area (Å²) in [6.07, 6.45) is 49.8. The van der Waals surface area contributed by atoms with Gasteiger partial charge in [-0.3, -0.25) is 18.6 Å². The first-order valence-electron chi connectivity index (χ1n) is 21.5. The van der Waals surface area contributed by atoms with Gasteiger partial charge in [0.05, 0.1) is 6.61 Å². The SMILES string of the molecule is CC/C=C\C/C=C\C/C=C\C/C=C\CCCCCCC(=O)OC(COC(=O)CCCCCCCCC/C=C\CCCCCCCCC)COP(=O)(O)OC. The molecule has 0 radical (unpaired) electrons. The first kappa shape index (κ1) is 51.8. The number of ether oxygens (including phenoxy) is 2. The van der Waals surface area contributed by atoms with Crippen molar-refractivity contribution >= 4 is 19.8 Å². The van der Waals surface area contributed by atoms with E-state index in [0.717, 1.165) is 84.2 Å². The summed E-state index contributed by atoms with van der Waals surface area (Å²) in [5, 5.41) is 0. The second-order valence-corrected chi connectivity index (χ2v) is 15.7. The van der Waals surface area contributed by atoms with Crippen molar-refractivity contribution in [1.82, 2.24) is 0 Å². The van der Waals surface area contributed by atoms with Crippen molar-refractivity contribution in [2.75, 3.05) is 20.3 Å². The van der Waals surface area contributed by atoms with Crippen LogP contribution in [0.2, 0.25) is 0 Å². The highest BCUT2D eigenvalue weighted by atomic mass is 31.2. The molecule has 0 aliphatic carbocycles. The number of unbranched alkanes of at least 4 members (excludes halogenated alkanes) is 18. The molecule has 0 saturated carbocycles. The molecule has 0 saturated heterocycles. The fourth-order valence-electron chi connectivity index (χ4n) is 5.70. The van der Waals surface area contributed by atoms with Crippen molar-refractivity contribution < 1.29 is 37.6 Å². The van der Waals surface area contributed by atoms with E-state index < -0.39 is 26.5 Å². The molecule has 2 unspecified atom stereocenters. The van der Waals surface area contributed by atoms with Crippen LogP contribution < -0.4 is 0 Å². The number of carbonyl (C=O) groups excluding carboxylic acids is 2. The van der Waals surface area contributed by atoms with Crippen molar-refractivity contribution in [3.8, 4) is 0 Å². The van der Waals surface area contributed by atoms with Gasteiger partial charge in [0, 0.05) is 20.0 Å². The maximum absolute atomic E-state index is 12.5. The highest BCUT2D eigenvalue weighted by Crippen LogP contribution is 2.42. The molecule has 1 N–H and O–H groups in total. The second kappa shape index (κ2) is 40.4. The minimum Gasteiger partial charge on any atom is -0.462 e. The summed E-state index contributed by atoms with van der Waals surface area (Å²) < 4.78 is 32.0. The number of allylic oxidation sites excluding steroid dienone is 10. The normalized spacial score (nSPS) is 13.9. The number of phosphoric ester groups is 1. The molecule has 0 aromatic rings. The maximum atomic E-state index is 12.5. The average Bonchev–Trinajstić information content (AvgIpc) is 3.16. The number of rotatable bonds is 39. The van der Waals surface area contributed by atoms with E-state index in [-0.39, 0.29) is 25.4 Å². The molecule has 0 fully saturated rings. The number of hydrogen-bond acceptors (Lipinski definition) is 7. The van der Waals surface area contributed by atoms with Crippen LogP contribution >= 0.6 is 7.82 Å². The van der Waals surface area contributed by atoms with Gasteiger partial charge in [-0.15, -0.1) is 0 Å². The number of esters is 2. The van der Waals surface area contributed by atoms with Crippen molar-refractivity contribution in [2.45, 2.75) is 193 Å². The lowest BCUT2D eigenvalue weighted by Gasteiger charge is -2.19. The van der Waals surface area contributed by atoms with E-state index in [1.807, 2.05) is 0 Å². The molecule has 9 heteroatoms. The van der Waals surface area contributed by atoms with Gasteiger partial charge in [0.1, 0.15) is 6.61 Å². The Morgan fingerprint density at radius 3 is 1.43 bits per heavy atom.